The van der Waals surface area contributed by atoms with Gasteiger partial charge in [0.1, 0.15) is 5.76 Å². The van der Waals surface area contributed by atoms with E-state index in [1.54, 1.807) is 6.26 Å². The van der Waals surface area contributed by atoms with Crippen LogP contribution in [0.25, 0.3) is 0 Å². The van der Waals surface area contributed by atoms with Gasteiger partial charge in [0.05, 0.1) is 12.8 Å². The molecule has 2 aromatic rings. The number of anilines is 1. The number of hydrogen-bond acceptors (Lipinski definition) is 6. The normalized spacial score (nSPS) is 16.5. The molecular weight excluding hydrogens is 244 g/mol. The highest BCUT2D eigenvalue weighted by atomic mass is 16.4. The summed E-state index contributed by atoms with van der Waals surface area (Å²) in [6, 6.07) is 5.12. The molecule has 1 atom stereocenters. The molecular formula is C13H18N4O2. The fraction of sp³-hybridized carbons (Fsp3) is 0.538. The maximum Gasteiger partial charge on any atom is 0.315 e. The molecule has 3 rings (SSSR count). The number of nitrogens with zero attached hydrogens (tertiary/aromatic N) is 2. The topological polar surface area (TPSA) is 76.1 Å². The summed E-state index contributed by atoms with van der Waals surface area (Å²) in [7, 11) is 0. The molecule has 6 nitrogen and oxygen atoms in total. The van der Waals surface area contributed by atoms with Crippen LogP contribution in [-0.2, 0) is 13.0 Å². The first kappa shape index (κ1) is 12.2. The first-order valence-electron chi connectivity index (χ1n) is 6.64. The Morgan fingerprint density at radius 1 is 1.42 bits per heavy atom. The monoisotopic (exact) mass is 262 g/mol. The third-order valence-electron chi connectivity index (χ3n) is 3.04. The van der Waals surface area contributed by atoms with Crippen LogP contribution in [0.5, 0.6) is 0 Å². The lowest BCUT2D eigenvalue weighted by Gasteiger charge is -2.09. The molecule has 6 heteroatoms. The molecule has 0 aromatic carbocycles. The maximum absolute atomic E-state index is 5.53. The summed E-state index contributed by atoms with van der Waals surface area (Å²) in [6.07, 6.45) is 4.96. The van der Waals surface area contributed by atoms with Crippen LogP contribution in [-0.4, -0.2) is 22.3 Å². The van der Waals surface area contributed by atoms with Crippen molar-refractivity contribution in [1.82, 2.24) is 15.5 Å². The summed E-state index contributed by atoms with van der Waals surface area (Å²) < 4.78 is 10.8. The molecule has 0 saturated heterocycles. The quantitative estimate of drug-likeness (QED) is 0.794. The number of hydrogen-bond donors (Lipinski definition) is 2. The van der Waals surface area contributed by atoms with E-state index in [1.165, 1.54) is 12.8 Å². The molecule has 2 heterocycles. The number of furan rings is 1. The second-order valence-electron chi connectivity index (χ2n) is 4.99. The molecule has 102 valence electrons. The van der Waals surface area contributed by atoms with Crippen LogP contribution in [0.2, 0.25) is 0 Å². The standard InChI is InChI=1S/C13H18N4O2/c1-9(7-11-3-2-6-18-11)15-13-17-16-12(19-13)8-14-10-4-5-10/h2-3,6,9-10,14H,4-5,7-8H2,1H3,(H,15,17). The van der Waals surface area contributed by atoms with Gasteiger partial charge in [0.25, 0.3) is 0 Å². The van der Waals surface area contributed by atoms with Gasteiger partial charge in [-0.05, 0) is 31.9 Å². The van der Waals surface area contributed by atoms with Crippen LogP contribution < -0.4 is 10.6 Å². The van der Waals surface area contributed by atoms with Crippen molar-refractivity contribution in [2.75, 3.05) is 5.32 Å². The fourth-order valence-corrected chi connectivity index (χ4v) is 1.89. The van der Waals surface area contributed by atoms with Gasteiger partial charge >= 0.3 is 6.01 Å². The second-order valence-corrected chi connectivity index (χ2v) is 4.99. The highest BCUT2D eigenvalue weighted by Gasteiger charge is 2.21. The summed E-state index contributed by atoms with van der Waals surface area (Å²) in [5.41, 5.74) is 0. The Kier molecular flexibility index (Phi) is 3.50. The van der Waals surface area contributed by atoms with Gasteiger partial charge in [0, 0.05) is 18.5 Å². The number of nitrogens with one attached hydrogen (secondary N) is 2. The van der Waals surface area contributed by atoms with Crippen molar-refractivity contribution in [2.24, 2.45) is 0 Å². The zero-order chi connectivity index (χ0) is 13.1. The average Bonchev–Trinajstić information content (AvgIpc) is 2.88. The van der Waals surface area contributed by atoms with Crippen LogP contribution in [0.1, 0.15) is 31.4 Å². The Hall–Kier alpha value is -1.82. The van der Waals surface area contributed by atoms with Gasteiger partial charge in [-0.15, -0.1) is 5.10 Å². The summed E-state index contributed by atoms with van der Waals surface area (Å²) in [6.45, 7) is 2.70. The van der Waals surface area contributed by atoms with E-state index >= 15 is 0 Å². The minimum atomic E-state index is 0.177. The molecule has 0 radical (unpaired) electrons. The molecule has 1 fully saturated rings. The van der Waals surface area contributed by atoms with E-state index in [2.05, 4.69) is 27.8 Å². The Bertz CT molecular complexity index is 504. The van der Waals surface area contributed by atoms with Gasteiger partial charge in [-0.25, -0.2) is 0 Å². The molecule has 0 aliphatic heterocycles. The minimum absolute atomic E-state index is 0.177. The molecule has 0 spiro atoms. The molecule has 0 bridgehead atoms. The van der Waals surface area contributed by atoms with Crippen LogP contribution >= 0.6 is 0 Å². The molecule has 1 saturated carbocycles. The largest absolute Gasteiger partial charge is 0.469 e. The Morgan fingerprint density at radius 2 is 2.32 bits per heavy atom. The van der Waals surface area contributed by atoms with Crippen molar-refractivity contribution in [1.29, 1.82) is 0 Å². The third-order valence-corrected chi connectivity index (χ3v) is 3.04. The summed E-state index contributed by atoms with van der Waals surface area (Å²) in [4.78, 5) is 0. The number of rotatable bonds is 7. The molecule has 1 aliphatic carbocycles. The molecule has 1 unspecified atom stereocenters. The van der Waals surface area contributed by atoms with Gasteiger partial charge in [-0.2, -0.15) is 0 Å². The van der Waals surface area contributed by atoms with Crippen molar-refractivity contribution < 1.29 is 8.83 Å². The van der Waals surface area contributed by atoms with Gasteiger partial charge in [0.2, 0.25) is 5.89 Å². The Balaban J connectivity index is 1.48. The van der Waals surface area contributed by atoms with Crippen LogP contribution in [0.4, 0.5) is 6.01 Å². The van der Waals surface area contributed by atoms with E-state index in [-0.39, 0.29) is 6.04 Å². The van der Waals surface area contributed by atoms with Crippen LogP contribution in [0, 0.1) is 0 Å². The summed E-state index contributed by atoms with van der Waals surface area (Å²) in [5, 5.41) is 14.5. The van der Waals surface area contributed by atoms with Crippen molar-refractivity contribution in [3.8, 4) is 0 Å². The first-order chi connectivity index (χ1) is 9.29. The SMILES string of the molecule is CC(Cc1ccco1)Nc1nnc(CNC2CC2)o1. The van der Waals surface area contributed by atoms with E-state index in [4.69, 9.17) is 8.83 Å². The van der Waals surface area contributed by atoms with Crippen molar-refractivity contribution in [3.05, 3.63) is 30.0 Å². The molecule has 0 amide bonds. The van der Waals surface area contributed by atoms with E-state index in [0.717, 1.165) is 12.2 Å². The zero-order valence-corrected chi connectivity index (χ0v) is 10.9. The molecule has 2 aromatic heterocycles. The predicted molar refractivity (Wildman–Crippen MR) is 69.7 cm³/mol. The van der Waals surface area contributed by atoms with Gasteiger partial charge in [-0.1, -0.05) is 5.10 Å². The van der Waals surface area contributed by atoms with Gasteiger partial charge in [-0.3, -0.25) is 0 Å². The van der Waals surface area contributed by atoms with E-state index < -0.39 is 0 Å². The van der Waals surface area contributed by atoms with Crippen LogP contribution in [0.3, 0.4) is 0 Å². The lowest BCUT2D eigenvalue weighted by molar-refractivity contribution is 0.466. The van der Waals surface area contributed by atoms with Gasteiger partial charge < -0.3 is 19.5 Å². The van der Waals surface area contributed by atoms with Crippen molar-refractivity contribution >= 4 is 6.01 Å². The highest BCUT2D eigenvalue weighted by Crippen LogP contribution is 2.19. The molecule has 19 heavy (non-hydrogen) atoms. The lowest BCUT2D eigenvalue weighted by Crippen LogP contribution is -2.18. The highest BCUT2D eigenvalue weighted by molar-refractivity contribution is 5.20. The third kappa shape index (κ3) is 3.57. The van der Waals surface area contributed by atoms with Crippen LogP contribution in [0.15, 0.2) is 27.2 Å². The van der Waals surface area contributed by atoms with E-state index in [0.29, 0.717) is 24.5 Å². The predicted octanol–water partition coefficient (Wildman–Crippen LogP) is 1.96. The smallest absolute Gasteiger partial charge is 0.315 e. The second kappa shape index (κ2) is 5.44. The lowest BCUT2D eigenvalue weighted by atomic mass is 10.2. The summed E-state index contributed by atoms with van der Waals surface area (Å²) in [5.74, 6) is 1.56. The maximum atomic E-state index is 5.53. The average molecular weight is 262 g/mol. The summed E-state index contributed by atoms with van der Waals surface area (Å²) >= 11 is 0. The minimum Gasteiger partial charge on any atom is -0.469 e. The fourth-order valence-electron chi connectivity index (χ4n) is 1.89. The Labute approximate surface area is 111 Å². The first-order valence-corrected chi connectivity index (χ1v) is 6.64. The Morgan fingerprint density at radius 3 is 3.05 bits per heavy atom. The van der Waals surface area contributed by atoms with Gasteiger partial charge in [0.15, 0.2) is 0 Å². The van der Waals surface area contributed by atoms with E-state index in [1.807, 2.05) is 12.1 Å². The number of aromatic nitrogens is 2. The molecule has 1 aliphatic rings. The molecule has 2 N–H and O–H groups in total. The van der Waals surface area contributed by atoms with Crippen molar-refractivity contribution in [2.45, 2.75) is 44.8 Å². The van der Waals surface area contributed by atoms with E-state index in [9.17, 15) is 0 Å². The van der Waals surface area contributed by atoms with Crippen molar-refractivity contribution in [3.63, 3.8) is 0 Å². The zero-order valence-electron chi connectivity index (χ0n) is 10.9.